The highest BCUT2D eigenvalue weighted by molar-refractivity contribution is 14.1. The number of allylic oxidation sites excluding steroid dienone is 1. The van der Waals surface area contributed by atoms with Crippen LogP contribution in [0.2, 0.25) is 0 Å². The van der Waals surface area contributed by atoms with E-state index in [0.717, 1.165) is 19.3 Å². The van der Waals surface area contributed by atoms with E-state index in [1.165, 1.54) is 29.0 Å². The zero-order valence-electron chi connectivity index (χ0n) is 14.1. The maximum atomic E-state index is 12.0. The largest absolute Gasteiger partial charge is 0.507 e. The molecular weight excluding hydrogens is 443 g/mol. The van der Waals surface area contributed by atoms with Crippen LogP contribution in [0.4, 0.5) is 0 Å². The lowest BCUT2D eigenvalue weighted by Gasteiger charge is -2.07. The van der Waals surface area contributed by atoms with Crippen LogP contribution in [-0.4, -0.2) is 26.3 Å². The van der Waals surface area contributed by atoms with Crippen molar-refractivity contribution in [1.29, 1.82) is 0 Å². The third-order valence-corrected chi connectivity index (χ3v) is 4.87. The fourth-order valence-electron chi connectivity index (χ4n) is 2.94. The summed E-state index contributed by atoms with van der Waals surface area (Å²) < 4.78 is -0.247. The molecule has 0 bridgehead atoms. The molecule has 0 unspecified atom stereocenters. The number of carbonyl (C=O) groups excluding carboxylic acids is 2. The summed E-state index contributed by atoms with van der Waals surface area (Å²) in [5.74, 6) is -0.254. The molecule has 0 radical (unpaired) electrons. The van der Waals surface area contributed by atoms with Gasteiger partial charge in [0.1, 0.15) is 5.75 Å². The van der Waals surface area contributed by atoms with Crippen LogP contribution < -0.4 is 5.32 Å². The van der Waals surface area contributed by atoms with Crippen LogP contribution in [0, 0.1) is 0 Å². The summed E-state index contributed by atoms with van der Waals surface area (Å²) in [6, 6.07) is 4.67. The van der Waals surface area contributed by atoms with Gasteiger partial charge in [-0.2, -0.15) is 0 Å². The van der Waals surface area contributed by atoms with E-state index in [9.17, 15) is 14.7 Å². The molecule has 6 heteroatoms. The van der Waals surface area contributed by atoms with Gasteiger partial charge in [-0.3, -0.25) is 9.59 Å². The van der Waals surface area contributed by atoms with Crippen molar-refractivity contribution in [3.8, 4) is 5.75 Å². The van der Waals surface area contributed by atoms with Gasteiger partial charge in [-0.25, -0.2) is 0 Å². The van der Waals surface area contributed by atoms with Crippen molar-refractivity contribution in [2.75, 3.05) is 6.54 Å². The number of nitrogens with one attached hydrogen (secondary N) is 2. The van der Waals surface area contributed by atoms with E-state index >= 15 is 0 Å². The highest BCUT2D eigenvalue weighted by Gasteiger charge is 2.11. The van der Waals surface area contributed by atoms with Gasteiger partial charge < -0.3 is 15.4 Å². The van der Waals surface area contributed by atoms with Gasteiger partial charge in [-0.15, -0.1) is 0 Å². The molecule has 1 aliphatic rings. The number of aromatic amines is 1. The number of aromatic nitrogens is 1. The number of aromatic hydroxyl groups is 1. The molecule has 1 aromatic heterocycles. The molecule has 134 valence electrons. The lowest BCUT2D eigenvalue weighted by molar-refractivity contribution is -0.116. The van der Waals surface area contributed by atoms with Crippen molar-refractivity contribution in [3.05, 3.63) is 64.5 Å². The smallest absolute Gasteiger partial charge is 0.244 e. The zero-order chi connectivity index (χ0) is 18.5. The summed E-state index contributed by atoms with van der Waals surface area (Å²) in [6.45, 7) is 0.550. The Morgan fingerprint density at radius 1 is 1.35 bits per heavy atom. The van der Waals surface area contributed by atoms with E-state index in [4.69, 9.17) is 0 Å². The van der Waals surface area contributed by atoms with Crippen molar-refractivity contribution >= 4 is 44.4 Å². The predicted octanol–water partition coefficient (Wildman–Crippen LogP) is 3.63. The van der Waals surface area contributed by atoms with Gasteiger partial charge in [0, 0.05) is 47.1 Å². The molecule has 3 rings (SSSR count). The number of aryl methyl sites for hydroxylation is 1. The van der Waals surface area contributed by atoms with E-state index in [0.29, 0.717) is 12.1 Å². The van der Waals surface area contributed by atoms with Crippen molar-refractivity contribution in [2.45, 2.75) is 19.3 Å². The molecule has 1 heterocycles. The maximum Gasteiger partial charge on any atom is 0.244 e. The molecular formula is C20H19IN2O3. The average Bonchev–Trinajstić information content (AvgIpc) is 3.04. The number of hydrogen-bond donors (Lipinski definition) is 3. The number of amides is 1. The van der Waals surface area contributed by atoms with Gasteiger partial charge in [-0.05, 0) is 54.2 Å². The lowest BCUT2D eigenvalue weighted by atomic mass is 10.0. The summed E-state index contributed by atoms with van der Waals surface area (Å²) in [7, 11) is 0. The van der Waals surface area contributed by atoms with E-state index in [1.54, 1.807) is 40.8 Å². The lowest BCUT2D eigenvalue weighted by Crippen LogP contribution is -2.23. The Morgan fingerprint density at radius 2 is 2.19 bits per heavy atom. The fourth-order valence-corrected chi connectivity index (χ4v) is 3.37. The third kappa shape index (κ3) is 4.43. The minimum absolute atomic E-state index is 0.0603. The summed E-state index contributed by atoms with van der Waals surface area (Å²) in [5, 5.41) is 12.5. The van der Waals surface area contributed by atoms with E-state index in [2.05, 4.69) is 22.5 Å². The first-order chi connectivity index (χ1) is 12.5. The van der Waals surface area contributed by atoms with E-state index in [1.807, 2.05) is 6.20 Å². The minimum Gasteiger partial charge on any atom is -0.507 e. The van der Waals surface area contributed by atoms with Crippen LogP contribution in [-0.2, 0) is 17.6 Å². The van der Waals surface area contributed by atoms with E-state index < -0.39 is 0 Å². The van der Waals surface area contributed by atoms with Crippen molar-refractivity contribution in [2.24, 2.45) is 0 Å². The number of halogens is 1. The number of hydrogen-bond acceptors (Lipinski definition) is 3. The number of carbonyl (C=O) groups is 2. The number of phenols is 1. The molecule has 26 heavy (non-hydrogen) atoms. The standard InChI is InChI=1S/C20H19IN2O3/c21-20(26)16-11-13(5-7-18(16)24)6-8-19(25)22-10-9-14-12-23-17-4-2-1-3-15(14)17/h1,3,5-8,11-12,23-24H,2,4,9-10H2,(H,22,25)/b8-6+. The van der Waals surface area contributed by atoms with Crippen LogP contribution in [0.5, 0.6) is 5.75 Å². The molecule has 1 aliphatic carbocycles. The average molecular weight is 462 g/mol. The molecule has 0 atom stereocenters. The van der Waals surface area contributed by atoms with Crippen LogP contribution in [0.1, 0.15) is 39.2 Å². The topological polar surface area (TPSA) is 82.2 Å². The molecule has 0 spiro atoms. The third-order valence-electron chi connectivity index (χ3n) is 4.29. The second kappa shape index (κ2) is 8.35. The molecule has 3 N–H and O–H groups in total. The molecule has 5 nitrogen and oxygen atoms in total. The summed E-state index contributed by atoms with van der Waals surface area (Å²) in [4.78, 5) is 26.7. The normalized spacial score (nSPS) is 13.0. The monoisotopic (exact) mass is 462 g/mol. The Morgan fingerprint density at radius 3 is 3.00 bits per heavy atom. The van der Waals surface area contributed by atoms with E-state index in [-0.39, 0.29) is 21.0 Å². The first kappa shape index (κ1) is 18.4. The molecule has 0 fully saturated rings. The predicted molar refractivity (Wildman–Crippen MR) is 110 cm³/mol. The quantitative estimate of drug-likeness (QED) is 0.349. The summed E-state index contributed by atoms with van der Waals surface area (Å²) >= 11 is 1.62. The van der Waals surface area contributed by atoms with Crippen molar-refractivity contribution in [1.82, 2.24) is 10.3 Å². The minimum atomic E-state index is -0.247. The van der Waals surface area contributed by atoms with Gasteiger partial charge >= 0.3 is 0 Å². The molecule has 0 aliphatic heterocycles. The van der Waals surface area contributed by atoms with Gasteiger partial charge in [0.05, 0.1) is 5.56 Å². The van der Waals surface area contributed by atoms with Crippen LogP contribution in [0.3, 0.4) is 0 Å². The van der Waals surface area contributed by atoms with Gasteiger partial charge in [0.25, 0.3) is 0 Å². The van der Waals surface area contributed by atoms with Crippen LogP contribution in [0.25, 0.3) is 12.2 Å². The Kier molecular flexibility index (Phi) is 5.92. The summed E-state index contributed by atoms with van der Waals surface area (Å²) in [5.41, 5.74) is 4.65. The number of rotatable bonds is 6. The first-order valence-corrected chi connectivity index (χ1v) is 9.47. The number of fused-ring (bicyclic) bond motifs is 1. The van der Waals surface area contributed by atoms with Gasteiger partial charge in [-0.1, -0.05) is 18.2 Å². The number of phenolic OH excluding ortho intramolecular Hbond substituents is 1. The number of benzene rings is 1. The number of H-pyrrole nitrogens is 1. The SMILES string of the molecule is O=C(/C=C/c1ccc(O)c(C(=O)I)c1)NCCc1c[nH]c2c1C=CCC2. The Bertz CT molecular complexity index is 896. The summed E-state index contributed by atoms with van der Waals surface area (Å²) in [6.07, 6.45) is 12.3. The highest BCUT2D eigenvalue weighted by atomic mass is 127. The molecule has 0 saturated carbocycles. The zero-order valence-corrected chi connectivity index (χ0v) is 16.2. The first-order valence-electron chi connectivity index (χ1n) is 8.39. The van der Waals surface area contributed by atoms with Crippen molar-refractivity contribution in [3.63, 3.8) is 0 Å². The van der Waals surface area contributed by atoms with Crippen molar-refractivity contribution < 1.29 is 14.7 Å². The molecule has 1 amide bonds. The Balaban J connectivity index is 1.54. The Hall–Kier alpha value is -2.35. The molecule has 0 saturated heterocycles. The van der Waals surface area contributed by atoms with Gasteiger partial charge in [0.15, 0.2) is 0 Å². The molecule has 1 aromatic carbocycles. The van der Waals surface area contributed by atoms with Crippen LogP contribution >= 0.6 is 22.6 Å². The molecule has 2 aromatic rings. The van der Waals surface area contributed by atoms with Gasteiger partial charge in [0.2, 0.25) is 9.70 Å². The second-order valence-corrected chi connectivity index (χ2v) is 7.05. The highest BCUT2D eigenvalue weighted by Crippen LogP contribution is 2.23. The second-order valence-electron chi connectivity index (χ2n) is 6.07. The van der Waals surface area contributed by atoms with Crippen LogP contribution in [0.15, 0.2) is 36.5 Å². The Labute approximate surface area is 165 Å². The maximum absolute atomic E-state index is 12.0. The fraction of sp³-hybridized carbons (Fsp3) is 0.200.